The van der Waals surface area contributed by atoms with Gasteiger partial charge in [0.1, 0.15) is 5.82 Å². The molecule has 0 radical (unpaired) electrons. The van der Waals surface area contributed by atoms with Gasteiger partial charge in [0.25, 0.3) is 0 Å². The lowest BCUT2D eigenvalue weighted by Crippen LogP contribution is -2.13. The van der Waals surface area contributed by atoms with Crippen molar-refractivity contribution in [2.24, 2.45) is 5.92 Å². The maximum Gasteiger partial charge on any atom is 0.311 e. The molecule has 0 heterocycles. The Hall–Kier alpha value is -1.38. The minimum absolute atomic E-state index is 0.317. The van der Waals surface area contributed by atoms with Crippen LogP contribution >= 0.6 is 0 Å². The van der Waals surface area contributed by atoms with Gasteiger partial charge in [0, 0.05) is 5.56 Å². The molecule has 1 unspecified atom stereocenters. The van der Waals surface area contributed by atoms with Crippen molar-refractivity contribution in [2.75, 3.05) is 0 Å². The van der Waals surface area contributed by atoms with Gasteiger partial charge in [-0.25, -0.2) is 4.39 Å². The second-order valence-corrected chi connectivity index (χ2v) is 4.09. The number of carbonyl (C=O) groups is 1. The highest BCUT2D eigenvalue weighted by Gasteiger charge is 2.31. The fraction of sp³-hybridized carbons (Fsp3) is 0.417. The Bertz CT molecular complexity index is 372. The number of carboxylic acids is 1. The maximum absolute atomic E-state index is 13.4. The van der Waals surface area contributed by atoms with Crippen LogP contribution in [0.25, 0.3) is 0 Å². The molecular formula is C12H13FO2. The molecule has 0 bridgehead atoms. The minimum atomic E-state index is -0.924. The van der Waals surface area contributed by atoms with Gasteiger partial charge in [0.2, 0.25) is 0 Å². The Labute approximate surface area is 87.7 Å². The van der Waals surface area contributed by atoms with Crippen molar-refractivity contribution < 1.29 is 14.3 Å². The van der Waals surface area contributed by atoms with Gasteiger partial charge in [-0.3, -0.25) is 4.79 Å². The van der Waals surface area contributed by atoms with E-state index in [1.54, 1.807) is 18.2 Å². The van der Waals surface area contributed by atoms with E-state index in [4.69, 9.17) is 5.11 Å². The molecule has 0 aliphatic heterocycles. The third-order valence-corrected chi connectivity index (χ3v) is 2.84. The van der Waals surface area contributed by atoms with Gasteiger partial charge < -0.3 is 5.11 Å². The highest BCUT2D eigenvalue weighted by Crippen LogP contribution is 2.39. The summed E-state index contributed by atoms with van der Waals surface area (Å²) in [4.78, 5) is 11.0. The van der Waals surface area contributed by atoms with Crippen LogP contribution in [0.5, 0.6) is 0 Å². The summed E-state index contributed by atoms with van der Waals surface area (Å²) in [5.41, 5.74) is 0.317. The molecule has 0 saturated heterocycles. The summed E-state index contributed by atoms with van der Waals surface area (Å²) in [5, 5.41) is 9.06. The van der Waals surface area contributed by atoms with Crippen LogP contribution in [0.3, 0.4) is 0 Å². The average Bonchev–Trinajstić information content (AvgIpc) is 2.99. The predicted octanol–water partition coefficient (Wildman–Crippen LogP) is 2.79. The number of benzene rings is 1. The number of rotatable bonds is 4. The lowest BCUT2D eigenvalue weighted by atomic mass is 9.93. The van der Waals surface area contributed by atoms with E-state index in [2.05, 4.69) is 0 Å². The molecular weight excluding hydrogens is 195 g/mol. The van der Waals surface area contributed by atoms with Crippen LogP contribution in [-0.4, -0.2) is 11.1 Å². The van der Waals surface area contributed by atoms with Crippen LogP contribution in [0.1, 0.15) is 30.7 Å². The number of aliphatic carboxylic acids is 1. The largest absolute Gasteiger partial charge is 0.481 e. The Morgan fingerprint density at radius 3 is 2.67 bits per heavy atom. The first-order valence-corrected chi connectivity index (χ1v) is 5.15. The van der Waals surface area contributed by atoms with Gasteiger partial charge in [0.15, 0.2) is 0 Å². The average molecular weight is 208 g/mol. The van der Waals surface area contributed by atoms with Gasteiger partial charge in [-0.15, -0.1) is 0 Å². The third kappa shape index (κ3) is 2.35. The molecule has 1 aliphatic rings. The van der Waals surface area contributed by atoms with E-state index in [9.17, 15) is 9.18 Å². The fourth-order valence-electron chi connectivity index (χ4n) is 1.81. The second-order valence-electron chi connectivity index (χ2n) is 4.09. The number of halogens is 1. The van der Waals surface area contributed by atoms with Crippen molar-refractivity contribution in [3.05, 3.63) is 35.6 Å². The van der Waals surface area contributed by atoms with Crippen molar-refractivity contribution in [2.45, 2.75) is 25.2 Å². The van der Waals surface area contributed by atoms with Crippen LogP contribution in [0.2, 0.25) is 0 Å². The number of hydrogen-bond donors (Lipinski definition) is 1. The van der Waals surface area contributed by atoms with Crippen LogP contribution in [-0.2, 0) is 4.79 Å². The minimum Gasteiger partial charge on any atom is -0.481 e. The summed E-state index contributed by atoms with van der Waals surface area (Å²) in [6, 6.07) is 6.14. The Morgan fingerprint density at radius 2 is 2.13 bits per heavy atom. The predicted molar refractivity (Wildman–Crippen MR) is 54.1 cm³/mol. The van der Waals surface area contributed by atoms with E-state index < -0.39 is 17.7 Å². The lowest BCUT2D eigenvalue weighted by Gasteiger charge is -2.12. The van der Waals surface area contributed by atoms with Gasteiger partial charge in [-0.1, -0.05) is 31.0 Å². The zero-order valence-electron chi connectivity index (χ0n) is 8.32. The molecule has 0 aromatic heterocycles. The normalized spacial score (nSPS) is 17.4. The lowest BCUT2D eigenvalue weighted by molar-refractivity contribution is -0.139. The molecule has 1 N–H and O–H groups in total. The Balaban J connectivity index is 2.22. The first-order chi connectivity index (χ1) is 7.18. The topological polar surface area (TPSA) is 37.3 Å². The van der Waals surface area contributed by atoms with E-state index in [0.717, 1.165) is 12.8 Å². The molecule has 3 heteroatoms. The molecule has 2 nitrogen and oxygen atoms in total. The van der Waals surface area contributed by atoms with E-state index >= 15 is 0 Å². The van der Waals surface area contributed by atoms with Crippen molar-refractivity contribution in [3.8, 4) is 0 Å². The second kappa shape index (κ2) is 4.01. The zero-order chi connectivity index (χ0) is 10.8. The van der Waals surface area contributed by atoms with E-state index in [-0.39, 0.29) is 0 Å². The van der Waals surface area contributed by atoms with Crippen LogP contribution in [0.15, 0.2) is 24.3 Å². The highest BCUT2D eigenvalue weighted by atomic mass is 19.1. The van der Waals surface area contributed by atoms with Gasteiger partial charge in [-0.05, 0) is 18.4 Å². The summed E-state index contributed by atoms with van der Waals surface area (Å²) in [5.74, 6) is -1.54. The van der Waals surface area contributed by atoms with Gasteiger partial charge >= 0.3 is 5.97 Å². The highest BCUT2D eigenvalue weighted by molar-refractivity contribution is 5.76. The van der Waals surface area contributed by atoms with Crippen LogP contribution in [0, 0.1) is 11.7 Å². The van der Waals surface area contributed by atoms with Crippen molar-refractivity contribution in [3.63, 3.8) is 0 Å². The zero-order valence-corrected chi connectivity index (χ0v) is 8.32. The monoisotopic (exact) mass is 208 g/mol. The quantitative estimate of drug-likeness (QED) is 0.826. The number of carboxylic acid groups (broad SMARTS) is 1. The third-order valence-electron chi connectivity index (χ3n) is 2.84. The van der Waals surface area contributed by atoms with Crippen molar-refractivity contribution in [1.82, 2.24) is 0 Å². The van der Waals surface area contributed by atoms with E-state index in [1.165, 1.54) is 6.07 Å². The molecule has 1 atom stereocenters. The van der Waals surface area contributed by atoms with Crippen molar-refractivity contribution >= 4 is 5.97 Å². The Morgan fingerprint density at radius 1 is 1.47 bits per heavy atom. The molecule has 1 fully saturated rings. The molecule has 1 saturated carbocycles. The smallest absolute Gasteiger partial charge is 0.311 e. The maximum atomic E-state index is 13.4. The molecule has 15 heavy (non-hydrogen) atoms. The Kier molecular flexibility index (Phi) is 2.71. The SMILES string of the molecule is O=C(O)C(CC1CC1)c1ccccc1F. The van der Waals surface area contributed by atoms with E-state index in [1.807, 2.05) is 0 Å². The first kappa shape index (κ1) is 10.1. The summed E-state index contributed by atoms with van der Waals surface area (Å²) in [6.45, 7) is 0. The fourth-order valence-corrected chi connectivity index (χ4v) is 1.81. The summed E-state index contributed by atoms with van der Waals surface area (Å²) in [6.07, 6.45) is 2.73. The molecule has 2 rings (SSSR count). The van der Waals surface area contributed by atoms with E-state index in [0.29, 0.717) is 17.9 Å². The van der Waals surface area contributed by atoms with Gasteiger partial charge in [-0.2, -0.15) is 0 Å². The molecule has 1 aliphatic carbocycles. The molecule has 1 aromatic carbocycles. The molecule has 80 valence electrons. The summed E-state index contributed by atoms with van der Waals surface area (Å²) < 4.78 is 13.4. The standard InChI is InChI=1S/C12H13FO2/c13-11-4-2-1-3-9(11)10(12(14)15)7-8-5-6-8/h1-4,8,10H,5-7H2,(H,14,15). The molecule has 0 amide bonds. The van der Waals surface area contributed by atoms with Crippen LogP contribution < -0.4 is 0 Å². The van der Waals surface area contributed by atoms with Crippen molar-refractivity contribution in [1.29, 1.82) is 0 Å². The summed E-state index contributed by atoms with van der Waals surface area (Å²) in [7, 11) is 0. The molecule has 1 aromatic rings. The number of hydrogen-bond acceptors (Lipinski definition) is 1. The first-order valence-electron chi connectivity index (χ1n) is 5.15. The molecule has 0 spiro atoms. The van der Waals surface area contributed by atoms with Crippen LogP contribution in [0.4, 0.5) is 4.39 Å². The van der Waals surface area contributed by atoms with Gasteiger partial charge in [0.05, 0.1) is 5.92 Å². The summed E-state index contributed by atoms with van der Waals surface area (Å²) >= 11 is 0.